The zero-order chi connectivity index (χ0) is 23.5. The highest BCUT2D eigenvalue weighted by Gasteiger charge is 2.30. The Balaban J connectivity index is 1.87. The summed E-state index contributed by atoms with van der Waals surface area (Å²) in [6, 6.07) is 2.54. The number of anilines is 1. The summed E-state index contributed by atoms with van der Waals surface area (Å²) in [7, 11) is 1.53. The Bertz CT molecular complexity index is 1130. The number of nitrogens with zero attached hydrogens (tertiary/aromatic N) is 2. The van der Waals surface area contributed by atoms with E-state index in [0.717, 1.165) is 5.56 Å². The minimum Gasteiger partial charge on any atom is -0.372 e. The summed E-state index contributed by atoms with van der Waals surface area (Å²) in [5.41, 5.74) is 2.85. The van der Waals surface area contributed by atoms with E-state index in [1.165, 1.54) is 19.4 Å². The van der Waals surface area contributed by atoms with Crippen molar-refractivity contribution in [2.45, 2.75) is 26.1 Å². The predicted octanol–water partition coefficient (Wildman–Crippen LogP) is 3.10. The highest BCUT2D eigenvalue weighted by molar-refractivity contribution is 6.01. The van der Waals surface area contributed by atoms with Crippen LogP contribution in [0.25, 0.3) is 22.2 Å². The molecule has 170 valence electrons. The molecule has 3 aromatic heterocycles. The molecule has 2 amide bonds. The lowest BCUT2D eigenvalue weighted by molar-refractivity contribution is -0.139. The molecule has 0 aliphatic carbocycles. The monoisotopic (exact) mass is 448 g/mol. The highest BCUT2D eigenvalue weighted by atomic mass is 19.4. The second-order valence-electron chi connectivity index (χ2n) is 7.56. The van der Waals surface area contributed by atoms with Crippen molar-refractivity contribution in [1.29, 1.82) is 0 Å². The summed E-state index contributed by atoms with van der Waals surface area (Å²) < 4.78 is 37.4. The molecule has 0 radical (unpaired) electrons. The summed E-state index contributed by atoms with van der Waals surface area (Å²) in [4.78, 5) is 35.7. The number of halogens is 3. The van der Waals surface area contributed by atoms with Gasteiger partial charge < -0.3 is 20.9 Å². The zero-order valence-corrected chi connectivity index (χ0v) is 17.7. The van der Waals surface area contributed by atoms with E-state index in [0.29, 0.717) is 27.8 Å². The molecule has 0 aromatic carbocycles. The Hall–Kier alpha value is -3.63. The number of aromatic nitrogens is 3. The van der Waals surface area contributed by atoms with Gasteiger partial charge in [-0.15, -0.1) is 0 Å². The van der Waals surface area contributed by atoms with Crippen LogP contribution < -0.4 is 16.0 Å². The smallest absolute Gasteiger partial charge is 0.372 e. The molecule has 11 heteroatoms. The first-order chi connectivity index (χ1) is 15.1. The second kappa shape index (κ2) is 9.25. The van der Waals surface area contributed by atoms with Crippen molar-refractivity contribution in [3.05, 3.63) is 42.5 Å². The van der Waals surface area contributed by atoms with Gasteiger partial charge in [-0.1, -0.05) is 13.8 Å². The molecule has 0 bridgehead atoms. The third kappa shape index (κ3) is 5.34. The topological polar surface area (TPSA) is 112 Å². The van der Waals surface area contributed by atoms with Crippen LogP contribution in [0.4, 0.5) is 18.9 Å². The Morgan fingerprint density at radius 1 is 1.16 bits per heavy atom. The van der Waals surface area contributed by atoms with Crippen LogP contribution in [0.15, 0.2) is 36.9 Å². The van der Waals surface area contributed by atoms with Gasteiger partial charge in [0.15, 0.2) is 0 Å². The standard InChI is InChI=1S/C21H23F3N6O2/c1-11(2)17(20(32)29-10-21(22,23)24)30-14-4-12(6-26-8-14)16-9-28-18-15(16)5-13(7-27-18)19(31)25-3/h4-9,11,17,30H,10H2,1-3H3,(H,25,31)(H,27,28)(H,29,32)/t17-/m1/s1. The van der Waals surface area contributed by atoms with Crippen LogP contribution in [0.5, 0.6) is 0 Å². The number of hydrogen-bond acceptors (Lipinski definition) is 5. The van der Waals surface area contributed by atoms with Crippen molar-refractivity contribution in [3.8, 4) is 11.1 Å². The summed E-state index contributed by atoms with van der Waals surface area (Å²) >= 11 is 0. The number of alkyl halides is 3. The fourth-order valence-electron chi connectivity index (χ4n) is 3.19. The van der Waals surface area contributed by atoms with Gasteiger partial charge in [0.2, 0.25) is 5.91 Å². The fraction of sp³-hybridized carbons (Fsp3) is 0.333. The molecule has 0 unspecified atom stereocenters. The largest absolute Gasteiger partial charge is 0.405 e. The minimum absolute atomic E-state index is 0.273. The van der Waals surface area contributed by atoms with Crippen LogP contribution in [-0.4, -0.2) is 52.6 Å². The van der Waals surface area contributed by atoms with Crippen LogP contribution in [-0.2, 0) is 4.79 Å². The molecule has 0 aliphatic heterocycles. The summed E-state index contributed by atoms with van der Waals surface area (Å²) in [5, 5.41) is 8.14. The number of hydrogen-bond donors (Lipinski definition) is 4. The first-order valence-corrected chi connectivity index (χ1v) is 9.84. The molecule has 0 saturated heterocycles. The average Bonchev–Trinajstić information content (AvgIpc) is 3.18. The quantitative estimate of drug-likeness (QED) is 0.444. The van der Waals surface area contributed by atoms with Gasteiger partial charge in [-0.25, -0.2) is 4.98 Å². The number of carbonyl (C=O) groups excluding carboxylic acids is 2. The van der Waals surface area contributed by atoms with E-state index >= 15 is 0 Å². The summed E-state index contributed by atoms with van der Waals surface area (Å²) in [6.07, 6.45) is 1.79. The number of H-pyrrole nitrogens is 1. The molecule has 4 N–H and O–H groups in total. The molecular formula is C21H23F3N6O2. The molecule has 0 aliphatic rings. The lowest BCUT2D eigenvalue weighted by Crippen LogP contribution is -2.46. The fourth-order valence-corrected chi connectivity index (χ4v) is 3.19. The molecule has 3 aromatic rings. The van der Waals surface area contributed by atoms with Gasteiger partial charge in [-0.05, 0) is 18.1 Å². The van der Waals surface area contributed by atoms with E-state index in [1.807, 2.05) is 5.32 Å². The molecule has 0 saturated carbocycles. The molecule has 0 spiro atoms. The normalized spacial score (nSPS) is 12.6. The second-order valence-corrected chi connectivity index (χ2v) is 7.56. The number of aromatic amines is 1. The maximum Gasteiger partial charge on any atom is 0.405 e. The van der Waals surface area contributed by atoms with E-state index in [2.05, 4.69) is 25.6 Å². The molecular weight excluding hydrogens is 425 g/mol. The van der Waals surface area contributed by atoms with Gasteiger partial charge in [0.1, 0.15) is 18.2 Å². The number of carbonyl (C=O) groups is 2. The molecule has 3 rings (SSSR count). The lowest BCUT2D eigenvalue weighted by atomic mass is 10.0. The summed E-state index contributed by atoms with van der Waals surface area (Å²) in [6.45, 7) is 2.06. The number of fused-ring (bicyclic) bond motifs is 1. The Labute approximate surface area is 182 Å². The van der Waals surface area contributed by atoms with E-state index in [-0.39, 0.29) is 11.8 Å². The Morgan fingerprint density at radius 2 is 1.91 bits per heavy atom. The SMILES string of the molecule is CNC(=O)c1cnc2[nH]cc(-c3cncc(N[C@@H](C(=O)NCC(F)(F)F)C(C)C)c3)c2c1. The van der Waals surface area contributed by atoms with Crippen LogP contribution in [0, 0.1) is 5.92 Å². The van der Waals surface area contributed by atoms with E-state index in [4.69, 9.17) is 0 Å². The van der Waals surface area contributed by atoms with Crippen LogP contribution in [0.2, 0.25) is 0 Å². The Morgan fingerprint density at radius 3 is 2.56 bits per heavy atom. The maximum atomic E-state index is 12.5. The molecule has 8 nitrogen and oxygen atoms in total. The molecule has 3 heterocycles. The zero-order valence-electron chi connectivity index (χ0n) is 17.7. The lowest BCUT2D eigenvalue weighted by Gasteiger charge is -2.23. The number of rotatable bonds is 7. The van der Waals surface area contributed by atoms with Crippen molar-refractivity contribution in [1.82, 2.24) is 25.6 Å². The Kier molecular flexibility index (Phi) is 6.66. The van der Waals surface area contributed by atoms with Gasteiger partial charge in [0, 0.05) is 48.3 Å². The van der Waals surface area contributed by atoms with Crippen molar-refractivity contribution in [3.63, 3.8) is 0 Å². The van der Waals surface area contributed by atoms with Crippen molar-refractivity contribution >= 4 is 28.5 Å². The number of pyridine rings is 2. The van der Waals surface area contributed by atoms with Gasteiger partial charge in [0.25, 0.3) is 5.91 Å². The van der Waals surface area contributed by atoms with E-state index < -0.39 is 24.7 Å². The van der Waals surface area contributed by atoms with Crippen LogP contribution in [0.1, 0.15) is 24.2 Å². The third-order valence-corrected chi connectivity index (χ3v) is 4.80. The number of amides is 2. The van der Waals surface area contributed by atoms with Crippen molar-refractivity contribution in [2.75, 3.05) is 18.9 Å². The van der Waals surface area contributed by atoms with Gasteiger partial charge in [-0.3, -0.25) is 14.6 Å². The van der Waals surface area contributed by atoms with Crippen molar-refractivity contribution < 1.29 is 22.8 Å². The summed E-state index contributed by atoms with van der Waals surface area (Å²) in [5.74, 6) is -1.31. The van der Waals surface area contributed by atoms with E-state index in [1.54, 1.807) is 38.4 Å². The van der Waals surface area contributed by atoms with Gasteiger partial charge >= 0.3 is 6.18 Å². The first kappa shape index (κ1) is 23.0. The predicted molar refractivity (Wildman–Crippen MR) is 114 cm³/mol. The average molecular weight is 448 g/mol. The third-order valence-electron chi connectivity index (χ3n) is 4.80. The van der Waals surface area contributed by atoms with Crippen LogP contribution in [0.3, 0.4) is 0 Å². The minimum atomic E-state index is -4.49. The van der Waals surface area contributed by atoms with Gasteiger partial charge in [0.05, 0.1) is 11.3 Å². The molecule has 0 fully saturated rings. The van der Waals surface area contributed by atoms with Crippen molar-refractivity contribution in [2.24, 2.45) is 5.92 Å². The van der Waals surface area contributed by atoms with Crippen LogP contribution >= 0.6 is 0 Å². The highest BCUT2D eigenvalue weighted by Crippen LogP contribution is 2.29. The first-order valence-electron chi connectivity index (χ1n) is 9.84. The van der Waals surface area contributed by atoms with Gasteiger partial charge in [-0.2, -0.15) is 13.2 Å². The number of nitrogens with one attached hydrogen (secondary N) is 4. The molecule has 1 atom stereocenters. The maximum absolute atomic E-state index is 12.5. The van der Waals surface area contributed by atoms with E-state index in [9.17, 15) is 22.8 Å². The molecule has 32 heavy (non-hydrogen) atoms.